The maximum Gasteiger partial charge on any atom is 0.407 e. The summed E-state index contributed by atoms with van der Waals surface area (Å²) in [5.41, 5.74) is 6.67. The first-order valence-corrected chi connectivity index (χ1v) is 10.4. The maximum absolute atomic E-state index is 12.1. The Morgan fingerprint density at radius 1 is 0.969 bits per heavy atom. The highest BCUT2D eigenvalue weighted by atomic mass is 16.5. The smallest absolute Gasteiger partial charge is 0.407 e. The van der Waals surface area contributed by atoms with E-state index >= 15 is 0 Å². The number of amides is 2. The summed E-state index contributed by atoms with van der Waals surface area (Å²) in [6, 6.07) is 21.7. The van der Waals surface area contributed by atoms with Crippen molar-refractivity contribution in [2.75, 3.05) is 18.5 Å². The topological polar surface area (TPSA) is 96.1 Å². The minimum Gasteiger partial charge on any atom is -0.450 e. The lowest BCUT2D eigenvalue weighted by Gasteiger charge is -2.09. The van der Waals surface area contributed by atoms with Crippen LogP contribution in [0, 0.1) is 6.92 Å². The molecule has 4 aromatic rings. The number of carbonyl (C=O) groups excluding carboxylic acids is 2. The van der Waals surface area contributed by atoms with Crippen LogP contribution < -0.4 is 10.6 Å². The van der Waals surface area contributed by atoms with Gasteiger partial charge < -0.3 is 20.4 Å². The average Bonchev–Trinajstić information content (AvgIpc) is 3.24. The second-order valence-electron chi connectivity index (χ2n) is 7.34. The van der Waals surface area contributed by atoms with E-state index in [9.17, 15) is 9.59 Å². The van der Waals surface area contributed by atoms with Gasteiger partial charge in [-0.15, -0.1) is 0 Å². The van der Waals surface area contributed by atoms with Crippen LogP contribution in [0.2, 0.25) is 0 Å². The minimum atomic E-state index is -0.617. The van der Waals surface area contributed by atoms with Crippen LogP contribution in [-0.2, 0) is 9.53 Å². The van der Waals surface area contributed by atoms with Gasteiger partial charge in [-0.2, -0.15) is 0 Å². The Kier molecular flexibility index (Phi) is 6.17. The number of imidazole rings is 1. The SMILES string of the molecule is CCOC(=O)NCC(=O)Nc1cccc(-c2cccc(-c3nc4c(C)cccc4[nH]3)c2)c1. The van der Waals surface area contributed by atoms with Crippen molar-refractivity contribution in [2.45, 2.75) is 13.8 Å². The normalized spacial score (nSPS) is 10.7. The first-order valence-electron chi connectivity index (χ1n) is 10.4. The summed E-state index contributed by atoms with van der Waals surface area (Å²) in [6.07, 6.45) is -0.617. The van der Waals surface area contributed by atoms with Gasteiger partial charge in [0.1, 0.15) is 12.4 Å². The second kappa shape index (κ2) is 9.34. The number of H-pyrrole nitrogens is 1. The number of fused-ring (bicyclic) bond motifs is 1. The lowest BCUT2D eigenvalue weighted by atomic mass is 10.0. The zero-order valence-corrected chi connectivity index (χ0v) is 17.9. The van der Waals surface area contributed by atoms with Crippen LogP contribution >= 0.6 is 0 Å². The number of anilines is 1. The van der Waals surface area contributed by atoms with E-state index in [1.807, 2.05) is 61.5 Å². The average molecular weight is 428 g/mol. The molecule has 0 aliphatic carbocycles. The highest BCUT2D eigenvalue weighted by molar-refractivity contribution is 5.94. The van der Waals surface area contributed by atoms with Crippen molar-refractivity contribution in [3.63, 3.8) is 0 Å². The number of ether oxygens (including phenoxy) is 1. The van der Waals surface area contributed by atoms with Gasteiger partial charge in [0.15, 0.2) is 0 Å². The Morgan fingerprint density at radius 3 is 2.47 bits per heavy atom. The molecule has 32 heavy (non-hydrogen) atoms. The number of hydrogen-bond acceptors (Lipinski definition) is 4. The molecule has 7 heteroatoms. The Balaban J connectivity index is 1.52. The van der Waals surface area contributed by atoms with Gasteiger partial charge in [-0.1, -0.05) is 42.5 Å². The van der Waals surface area contributed by atoms with E-state index in [1.165, 1.54) is 0 Å². The van der Waals surface area contributed by atoms with Crippen molar-refractivity contribution in [1.29, 1.82) is 0 Å². The third kappa shape index (κ3) is 4.78. The van der Waals surface area contributed by atoms with Crippen LogP contribution in [0.5, 0.6) is 0 Å². The van der Waals surface area contributed by atoms with Crippen molar-refractivity contribution in [2.24, 2.45) is 0 Å². The number of nitrogens with zero attached hydrogens (tertiary/aromatic N) is 1. The first kappa shape index (κ1) is 21.1. The van der Waals surface area contributed by atoms with Gasteiger partial charge in [0.25, 0.3) is 0 Å². The molecule has 0 atom stereocenters. The first-order chi connectivity index (χ1) is 15.5. The summed E-state index contributed by atoms with van der Waals surface area (Å²) in [7, 11) is 0. The molecule has 0 aliphatic rings. The quantitative estimate of drug-likeness (QED) is 0.407. The molecule has 0 fully saturated rings. The summed E-state index contributed by atoms with van der Waals surface area (Å²) in [4.78, 5) is 31.6. The van der Waals surface area contributed by atoms with Gasteiger partial charge in [-0.25, -0.2) is 9.78 Å². The highest BCUT2D eigenvalue weighted by Gasteiger charge is 2.10. The van der Waals surface area contributed by atoms with E-state index in [0.717, 1.165) is 39.1 Å². The number of rotatable bonds is 6. The number of nitrogens with one attached hydrogen (secondary N) is 3. The molecule has 0 radical (unpaired) electrons. The fourth-order valence-corrected chi connectivity index (χ4v) is 3.47. The van der Waals surface area contributed by atoms with E-state index < -0.39 is 6.09 Å². The number of aryl methyl sites for hydroxylation is 1. The lowest BCUT2D eigenvalue weighted by molar-refractivity contribution is -0.115. The van der Waals surface area contributed by atoms with Crippen molar-refractivity contribution in [3.8, 4) is 22.5 Å². The van der Waals surface area contributed by atoms with Gasteiger partial charge in [0.2, 0.25) is 5.91 Å². The minimum absolute atomic E-state index is 0.163. The molecule has 0 spiro atoms. The third-order valence-electron chi connectivity index (χ3n) is 5.00. The summed E-state index contributed by atoms with van der Waals surface area (Å²) in [5.74, 6) is 0.479. The molecule has 0 bridgehead atoms. The standard InChI is InChI=1S/C25H24N4O3/c1-3-32-25(31)26-15-22(30)27-20-11-6-9-18(14-20)17-8-5-10-19(13-17)24-28-21-12-4-7-16(2)23(21)29-24/h4-14H,3,15H2,1-2H3,(H,26,31)(H,27,30)(H,28,29). The van der Waals surface area contributed by atoms with Gasteiger partial charge >= 0.3 is 6.09 Å². The summed E-state index contributed by atoms with van der Waals surface area (Å²) >= 11 is 0. The Hall–Kier alpha value is -4.13. The molecule has 0 aliphatic heterocycles. The molecule has 2 amide bonds. The van der Waals surface area contributed by atoms with Crippen molar-refractivity contribution in [3.05, 3.63) is 72.3 Å². The highest BCUT2D eigenvalue weighted by Crippen LogP contribution is 2.28. The summed E-state index contributed by atoms with van der Waals surface area (Å²) < 4.78 is 4.76. The number of aromatic nitrogens is 2. The van der Waals surface area contributed by atoms with Crippen LogP contribution in [0.15, 0.2) is 66.7 Å². The number of benzene rings is 3. The molecule has 3 N–H and O–H groups in total. The van der Waals surface area contributed by atoms with Crippen LogP contribution in [0.3, 0.4) is 0 Å². The van der Waals surface area contributed by atoms with E-state index in [1.54, 1.807) is 13.0 Å². The van der Waals surface area contributed by atoms with E-state index in [4.69, 9.17) is 9.72 Å². The predicted molar refractivity (Wildman–Crippen MR) is 125 cm³/mol. The molecule has 1 heterocycles. The monoisotopic (exact) mass is 428 g/mol. The van der Waals surface area contributed by atoms with Crippen LogP contribution in [0.25, 0.3) is 33.5 Å². The summed E-state index contributed by atoms with van der Waals surface area (Å²) in [6.45, 7) is 3.84. The second-order valence-corrected chi connectivity index (χ2v) is 7.34. The number of alkyl carbamates (subject to hydrolysis) is 1. The van der Waals surface area contributed by atoms with Gasteiger partial charge in [0.05, 0.1) is 17.6 Å². The molecule has 0 saturated carbocycles. The van der Waals surface area contributed by atoms with Crippen molar-refractivity contribution >= 4 is 28.7 Å². The van der Waals surface area contributed by atoms with Gasteiger partial charge in [0, 0.05) is 11.3 Å². The molecule has 0 unspecified atom stereocenters. The van der Waals surface area contributed by atoms with E-state index in [-0.39, 0.29) is 19.1 Å². The third-order valence-corrected chi connectivity index (χ3v) is 5.00. The summed E-state index contributed by atoms with van der Waals surface area (Å²) in [5, 5.41) is 5.20. The van der Waals surface area contributed by atoms with Crippen molar-refractivity contribution in [1.82, 2.24) is 15.3 Å². The molecule has 4 rings (SSSR count). The molecular formula is C25H24N4O3. The number of aromatic amines is 1. The molecule has 1 aromatic heterocycles. The van der Waals surface area contributed by atoms with E-state index in [2.05, 4.69) is 21.7 Å². The maximum atomic E-state index is 12.1. The predicted octanol–water partition coefficient (Wildman–Crippen LogP) is 4.89. The number of para-hydroxylation sites is 1. The Bertz CT molecular complexity index is 1280. The molecule has 0 saturated heterocycles. The van der Waals surface area contributed by atoms with Gasteiger partial charge in [-0.3, -0.25) is 4.79 Å². The van der Waals surface area contributed by atoms with Gasteiger partial charge in [-0.05, 0) is 54.8 Å². The van der Waals surface area contributed by atoms with Crippen LogP contribution in [0.4, 0.5) is 10.5 Å². The lowest BCUT2D eigenvalue weighted by Crippen LogP contribution is -2.33. The largest absolute Gasteiger partial charge is 0.450 e. The Morgan fingerprint density at radius 2 is 1.69 bits per heavy atom. The van der Waals surface area contributed by atoms with Crippen LogP contribution in [0.1, 0.15) is 12.5 Å². The Labute approximate surface area is 185 Å². The fraction of sp³-hybridized carbons (Fsp3) is 0.160. The molecule has 162 valence electrons. The zero-order chi connectivity index (χ0) is 22.5. The number of hydrogen-bond donors (Lipinski definition) is 3. The van der Waals surface area contributed by atoms with E-state index in [0.29, 0.717) is 5.69 Å². The van der Waals surface area contributed by atoms with Crippen LogP contribution in [-0.4, -0.2) is 35.1 Å². The molecule has 7 nitrogen and oxygen atoms in total. The molecular weight excluding hydrogens is 404 g/mol. The fourth-order valence-electron chi connectivity index (χ4n) is 3.47. The molecule has 3 aromatic carbocycles. The number of carbonyl (C=O) groups is 2. The van der Waals surface area contributed by atoms with Crippen molar-refractivity contribution < 1.29 is 14.3 Å². The zero-order valence-electron chi connectivity index (χ0n) is 17.9.